The maximum atomic E-state index is 13.7. The van der Waals surface area contributed by atoms with Gasteiger partial charge in [-0.05, 0) is 25.0 Å². The number of hydrogen-bond donors (Lipinski definition) is 3. The first-order chi connectivity index (χ1) is 21.1. The number of ether oxygens (including phenoxy) is 1. The molecular formula is C36H58O8. The molecule has 3 N–H and O–H groups in total. The molecule has 1 aromatic carbocycles. The van der Waals surface area contributed by atoms with Crippen molar-refractivity contribution >= 4 is 23.3 Å². The largest absolute Gasteiger partial charge is 0.426 e. The maximum absolute atomic E-state index is 13.7. The molecule has 0 saturated carbocycles. The van der Waals surface area contributed by atoms with E-state index in [-0.39, 0.29) is 24.2 Å². The van der Waals surface area contributed by atoms with Crippen molar-refractivity contribution in [3.8, 4) is 5.75 Å². The number of aliphatic hydroxyl groups is 3. The fourth-order valence-corrected chi connectivity index (χ4v) is 5.50. The van der Waals surface area contributed by atoms with Crippen LogP contribution >= 0.6 is 0 Å². The van der Waals surface area contributed by atoms with Gasteiger partial charge in [-0.1, -0.05) is 129 Å². The van der Waals surface area contributed by atoms with Crippen molar-refractivity contribution in [1.82, 2.24) is 0 Å². The number of Topliss-reactive ketones (excluding diaryl/α,β-unsaturated/α-hetero) is 3. The number of unbranched alkanes of at least 4 members (excludes halogenated alkanes) is 16. The normalized spacial score (nSPS) is 14.0. The highest BCUT2D eigenvalue weighted by molar-refractivity contribution is 6.11. The van der Waals surface area contributed by atoms with Crippen LogP contribution in [0.1, 0.15) is 160 Å². The molecule has 1 rings (SSSR count). The molecule has 0 amide bonds. The van der Waals surface area contributed by atoms with Gasteiger partial charge in [0.25, 0.3) is 0 Å². The third-order valence-electron chi connectivity index (χ3n) is 8.25. The van der Waals surface area contributed by atoms with Gasteiger partial charge in [-0.3, -0.25) is 19.2 Å². The SMILES string of the molecule is CCCCCCCCCCCC(=O)C(O)C(O)(C(=O)c1ccccc1OC(C)=O)C(O)C(=O)CCCCCCCCCCC. The minimum atomic E-state index is -3.14. The molecule has 0 heterocycles. The number of ketones is 3. The van der Waals surface area contributed by atoms with E-state index < -0.39 is 41.1 Å². The average Bonchev–Trinajstić information content (AvgIpc) is 3.01. The van der Waals surface area contributed by atoms with Crippen molar-refractivity contribution in [2.45, 2.75) is 167 Å². The second-order valence-electron chi connectivity index (χ2n) is 12.1. The second-order valence-corrected chi connectivity index (χ2v) is 12.1. The number of para-hydroxylation sites is 1. The number of benzene rings is 1. The van der Waals surface area contributed by atoms with E-state index in [4.69, 9.17) is 4.74 Å². The Kier molecular flexibility index (Phi) is 20.7. The molecule has 250 valence electrons. The lowest BCUT2D eigenvalue weighted by Crippen LogP contribution is -2.63. The van der Waals surface area contributed by atoms with Gasteiger partial charge in [0.15, 0.2) is 29.4 Å². The monoisotopic (exact) mass is 618 g/mol. The lowest BCUT2D eigenvalue weighted by Gasteiger charge is -2.34. The van der Waals surface area contributed by atoms with Crippen LogP contribution in [0.3, 0.4) is 0 Å². The maximum Gasteiger partial charge on any atom is 0.308 e. The molecule has 0 spiro atoms. The minimum absolute atomic E-state index is 0.114. The lowest BCUT2D eigenvalue weighted by atomic mass is 9.77. The van der Waals surface area contributed by atoms with E-state index >= 15 is 0 Å². The molecule has 2 atom stereocenters. The van der Waals surface area contributed by atoms with E-state index in [0.29, 0.717) is 12.8 Å². The Balaban J connectivity index is 2.93. The van der Waals surface area contributed by atoms with Crippen LogP contribution in [0.5, 0.6) is 5.75 Å². The summed E-state index contributed by atoms with van der Waals surface area (Å²) in [4.78, 5) is 51.5. The van der Waals surface area contributed by atoms with Crippen LogP contribution < -0.4 is 4.74 Å². The summed E-state index contributed by atoms with van der Waals surface area (Å²) < 4.78 is 5.10. The van der Waals surface area contributed by atoms with Gasteiger partial charge in [0.2, 0.25) is 5.78 Å². The van der Waals surface area contributed by atoms with Gasteiger partial charge in [-0.25, -0.2) is 0 Å². The summed E-state index contributed by atoms with van der Waals surface area (Å²) in [5.74, 6) is -3.85. The van der Waals surface area contributed by atoms with Gasteiger partial charge < -0.3 is 20.1 Å². The number of esters is 1. The summed E-state index contributed by atoms with van der Waals surface area (Å²) in [5.41, 5.74) is -3.46. The van der Waals surface area contributed by atoms with E-state index in [1.54, 1.807) is 0 Å². The third-order valence-corrected chi connectivity index (χ3v) is 8.25. The van der Waals surface area contributed by atoms with Gasteiger partial charge in [0.05, 0.1) is 5.56 Å². The van der Waals surface area contributed by atoms with E-state index in [1.165, 1.54) is 75.6 Å². The van der Waals surface area contributed by atoms with Crippen molar-refractivity contribution in [2.75, 3.05) is 0 Å². The van der Waals surface area contributed by atoms with E-state index in [9.17, 15) is 34.5 Å². The zero-order chi connectivity index (χ0) is 32.8. The average molecular weight is 619 g/mol. The number of aliphatic hydroxyl groups excluding tert-OH is 2. The molecular weight excluding hydrogens is 560 g/mol. The number of carbonyl (C=O) groups excluding carboxylic acids is 4. The molecule has 0 aliphatic carbocycles. The Hall–Kier alpha value is -2.42. The molecule has 0 fully saturated rings. The third kappa shape index (κ3) is 14.1. The first-order valence-electron chi connectivity index (χ1n) is 17.1. The Morgan fingerprint density at radius 3 is 1.39 bits per heavy atom. The van der Waals surface area contributed by atoms with E-state index in [0.717, 1.165) is 58.3 Å². The second kappa shape index (κ2) is 23.0. The molecule has 0 bridgehead atoms. The van der Waals surface area contributed by atoms with E-state index in [2.05, 4.69) is 13.8 Å². The van der Waals surface area contributed by atoms with Crippen LogP contribution in [0.2, 0.25) is 0 Å². The van der Waals surface area contributed by atoms with Gasteiger partial charge in [0, 0.05) is 19.8 Å². The summed E-state index contributed by atoms with van der Waals surface area (Å²) in [7, 11) is 0. The summed E-state index contributed by atoms with van der Waals surface area (Å²) in [6.07, 6.45) is 13.3. The lowest BCUT2D eigenvalue weighted by molar-refractivity contribution is -0.160. The summed E-state index contributed by atoms with van der Waals surface area (Å²) in [6, 6.07) is 5.53. The molecule has 0 radical (unpaired) electrons. The Labute approximate surface area is 265 Å². The molecule has 0 saturated heterocycles. The van der Waals surface area contributed by atoms with Crippen molar-refractivity contribution in [1.29, 1.82) is 0 Å². The smallest absolute Gasteiger partial charge is 0.308 e. The van der Waals surface area contributed by atoms with Crippen LogP contribution in [-0.4, -0.2) is 56.4 Å². The molecule has 0 aliphatic heterocycles. The van der Waals surface area contributed by atoms with Crippen LogP contribution in [0, 0.1) is 0 Å². The summed E-state index contributed by atoms with van der Waals surface area (Å²) in [6.45, 7) is 5.48. The number of carbonyl (C=O) groups is 4. The van der Waals surface area contributed by atoms with Gasteiger partial charge in [0.1, 0.15) is 5.75 Å². The fourth-order valence-electron chi connectivity index (χ4n) is 5.50. The molecule has 44 heavy (non-hydrogen) atoms. The minimum Gasteiger partial charge on any atom is -0.426 e. The molecule has 1 aromatic rings. The first kappa shape index (κ1) is 39.6. The standard InChI is InChI=1S/C36H58O8/c1-4-6-8-10-12-14-16-18-20-25-30(38)34(41)36(43,33(40)29-24-22-23-27-32(29)44-28(3)37)35(42)31(39)26-21-19-17-15-13-11-9-7-5-2/h22-24,27,34-35,41-43H,4-21,25-26H2,1-3H3. The number of hydrogen-bond acceptors (Lipinski definition) is 8. The molecule has 8 heteroatoms. The quantitative estimate of drug-likeness (QED) is 0.0406. The van der Waals surface area contributed by atoms with Crippen LogP contribution in [0.4, 0.5) is 0 Å². The Morgan fingerprint density at radius 1 is 0.636 bits per heavy atom. The summed E-state index contributed by atoms with van der Waals surface area (Å²) in [5, 5.41) is 33.8. The molecule has 2 unspecified atom stereocenters. The summed E-state index contributed by atoms with van der Waals surface area (Å²) >= 11 is 0. The molecule has 0 aromatic heterocycles. The van der Waals surface area contributed by atoms with Gasteiger partial charge in [-0.2, -0.15) is 0 Å². The fraction of sp³-hybridized carbons (Fsp3) is 0.722. The van der Waals surface area contributed by atoms with Gasteiger partial charge >= 0.3 is 5.97 Å². The predicted molar refractivity (Wildman–Crippen MR) is 173 cm³/mol. The van der Waals surface area contributed by atoms with Crippen LogP contribution in [0.15, 0.2) is 24.3 Å². The zero-order valence-corrected chi connectivity index (χ0v) is 27.5. The Morgan fingerprint density at radius 2 is 1.00 bits per heavy atom. The molecule has 0 aliphatic rings. The van der Waals surface area contributed by atoms with Crippen molar-refractivity contribution in [2.24, 2.45) is 0 Å². The first-order valence-corrected chi connectivity index (χ1v) is 17.1. The Bertz CT molecular complexity index is 948. The predicted octanol–water partition coefficient (Wildman–Crippen LogP) is 7.23. The topological polar surface area (TPSA) is 138 Å². The van der Waals surface area contributed by atoms with Gasteiger partial charge in [-0.15, -0.1) is 0 Å². The highest BCUT2D eigenvalue weighted by Crippen LogP contribution is 2.30. The van der Waals surface area contributed by atoms with Crippen LogP contribution in [0.25, 0.3) is 0 Å². The van der Waals surface area contributed by atoms with Crippen molar-refractivity contribution < 1.29 is 39.2 Å². The van der Waals surface area contributed by atoms with E-state index in [1.807, 2.05) is 0 Å². The number of rotatable bonds is 27. The van der Waals surface area contributed by atoms with Crippen molar-refractivity contribution in [3.63, 3.8) is 0 Å². The molecule has 8 nitrogen and oxygen atoms in total. The van der Waals surface area contributed by atoms with Crippen LogP contribution in [-0.2, 0) is 14.4 Å². The van der Waals surface area contributed by atoms with Crippen molar-refractivity contribution in [3.05, 3.63) is 29.8 Å². The highest BCUT2D eigenvalue weighted by Gasteiger charge is 2.55. The highest BCUT2D eigenvalue weighted by atomic mass is 16.5. The zero-order valence-electron chi connectivity index (χ0n) is 27.5.